The lowest BCUT2D eigenvalue weighted by molar-refractivity contribution is 0.00578. The summed E-state index contributed by atoms with van der Waals surface area (Å²) < 4.78 is 14.2. The van der Waals surface area contributed by atoms with E-state index in [2.05, 4.69) is 298 Å². The van der Waals surface area contributed by atoms with Crippen LogP contribution in [-0.2, 0) is 9.31 Å². The van der Waals surface area contributed by atoms with Crippen LogP contribution in [0, 0.1) is 0 Å². The van der Waals surface area contributed by atoms with Crippen LogP contribution in [0.25, 0.3) is 131 Å². The molecular weight excluding hydrogens is 1010 g/mol. The summed E-state index contributed by atoms with van der Waals surface area (Å²) in [7, 11) is -0.436. The average Bonchev–Trinajstić information content (AvgIpc) is 3.84. The molecule has 0 amide bonds. The minimum atomic E-state index is -0.436. The van der Waals surface area contributed by atoms with Crippen molar-refractivity contribution >= 4 is 115 Å². The zero-order chi connectivity index (χ0) is 52.7. The smallest absolute Gasteiger partial charge is 0.399 e. The van der Waals surface area contributed by atoms with Crippen molar-refractivity contribution in [2.45, 2.75) is 38.9 Å². The first-order valence-electron chi connectivity index (χ1n) is 27.0. The first-order valence-corrected chi connectivity index (χ1v) is 27.8. The van der Waals surface area contributed by atoms with Crippen LogP contribution in [0.5, 0.6) is 0 Å². The summed E-state index contributed by atoms with van der Waals surface area (Å²) in [6.07, 6.45) is 0. The molecule has 0 aromatic heterocycles. The van der Waals surface area contributed by atoms with E-state index in [-0.39, 0.29) is 0 Å². The van der Waals surface area contributed by atoms with Gasteiger partial charge < -0.3 is 9.31 Å². The summed E-state index contributed by atoms with van der Waals surface area (Å²) in [6.45, 7) is 8.44. The molecule has 4 heteroatoms. The van der Waals surface area contributed by atoms with Crippen LogP contribution in [0.15, 0.2) is 259 Å². The van der Waals surface area contributed by atoms with E-state index in [0.717, 1.165) is 9.94 Å². The Balaban J connectivity index is 0.000000145. The largest absolute Gasteiger partial charge is 0.494 e. The monoisotopic (exact) mass is 1060 g/mol. The fourth-order valence-electron chi connectivity index (χ4n) is 12.1. The second-order valence-corrected chi connectivity index (χ2v) is 22.8. The summed E-state index contributed by atoms with van der Waals surface area (Å²) in [5.74, 6) is 0. The summed E-state index contributed by atoms with van der Waals surface area (Å²) in [5.41, 5.74) is 10.2. The Kier molecular flexibility index (Phi) is 11.7. The molecule has 2 nitrogen and oxygen atoms in total. The van der Waals surface area contributed by atoms with Gasteiger partial charge >= 0.3 is 7.12 Å². The summed E-state index contributed by atoms with van der Waals surface area (Å²) >= 11 is 3.76. The Morgan fingerprint density at radius 2 is 0.551 bits per heavy atom. The topological polar surface area (TPSA) is 18.5 Å². The normalized spacial score (nSPS) is 14.0. The van der Waals surface area contributed by atoms with Gasteiger partial charge in [0.15, 0.2) is 0 Å². The van der Waals surface area contributed by atoms with Crippen molar-refractivity contribution in [3.8, 4) is 44.5 Å². The maximum atomic E-state index is 6.53. The fraction of sp³-hybridized carbons (Fsp3) is 0.0811. The van der Waals surface area contributed by atoms with E-state index in [1.807, 2.05) is 0 Å². The number of hydrogen-bond donors (Lipinski definition) is 0. The van der Waals surface area contributed by atoms with E-state index in [4.69, 9.17) is 9.31 Å². The molecule has 1 aliphatic rings. The van der Waals surface area contributed by atoms with Gasteiger partial charge in [-0.2, -0.15) is 0 Å². The van der Waals surface area contributed by atoms with Crippen LogP contribution in [0.1, 0.15) is 27.7 Å². The Morgan fingerprint density at radius 1 is 0.269 bits per heavy atom. The van der Waals surface area contributed by atoms with Crippen molar-refractivity contribution in [1.82, 2.24) is 0 Å². The van der Waals surface area contributed by atoms with Gasteiger partial charge in [-0.25, -0.2) is 0 Å². The van der Waals surface area contributed by atoms with E-state index < -0.39 is 18.3 Å². The predicted molar refractivity (Wildman–Crippen MR) is 338 cm³/mol. The zero-order valence-electron chi connectivity index (χ0n) is 44.0. The number of benzene rings is 14. The van der Waals surface area contributed by atoms with E-state index >= 15 is 0 Å². The van der Waals surface area contributed by atoms with E-state index in [9.17, 15) is 0 Å². The van der Waals surface area contributed by atoms with Crippen LogP contribution >= 0.6 is 15.9 Å². The Morgan fingerprint density at radius 3 is 0.910 bits per heavy atom. The summed E-state index contributed by atoms with van der Waals surface area (Å²) in [4.78, 5) is 0. The summed E-state index contributed by atoms with van der Waals surface area (Å²) in [5, 5.41) is 20.0. The molecule has 78 heavy (non-hydrogen) atoms. The number of rotatable bonds is 5. The standard InChI is InChI=1S/C40H33BO2.C34H21Br/c1-39(2)40(3,4)43-41(42-39)32-21-22-35-36(25-32)38(31-20-18-27-12-6-8-14-29(27)24-31)34-16-10-9-15-33(34)37(35)30-19-17-26-11-5-7-13-28(26)23-30;35-28-17-18-31-32(21-28)34(27-16-14-23-8-2-4-10-25(23)20-27)30-12-6-5-11-29(30)33(31)26-15-13-22-7-1-3-9-24(22)19-26/h5-25H,1-4H3;1-21H. The SMILES string of the molecule is Brc1ccc2c(-c3ccc4ccccc4c3)c3ccccc3c(-c3ccc4ccccc4c3)c2c1.CC1(C)OB(c2ccc3c(-c4ccc5ccccc5c4)c4ccccc4c(-c4ccc5ccccc5c4)c3c2)OC1(C)C. The van der Waals surface area contributed by atoms with Gasteiger partial charge in [0.1, 0.15) is 0 Å². The average molecular weight is 1070 g/mol. The third-order valence-electron chi connectivity index (χ3n) is 16.7. The molecule has 0 spiro atoms. The van der Waals surface area contributed by atoms with Gasteiger partial charge in [0, 0.05) is 4.47 Å². The number of halogens is 1. The molecule has 0 unspecified atom stereocenters. The van der Waals surface area contributed by atoms with Gasteiger partial charge in [0.2, 0.25) is 0 Å². The van der Waals surface area contributed by atoms with Gasteiger partial charge in [-0.05, 0) is 200 Å². The molecule has 0 atom stereocenters. The maximum Gasteiger partial charge on any atom is 0.494 e. The van der Waals surface area contributed by atoms with Crippen LogP contribution in [0.4, 0.5) is 0 Å². The molecule has 1 aliphatic heterocycles. The van der Waals surface area contributed by atoms with Gasteiger partial charge in [-0.3, -0.25) is 0 Å². The highest BCUT2D eigenvalue weighted by Gasteiger charge is 2.51. The first kappa shape index (κ1) is 48.0. The Bertz CT molecular complexity index is 4710. The summed E-state index contributed by atoms with van der Waals surface area (Å²) in [6, 6.07) is 92.8. The van der Waals surface area contributed by atoms with Crippen LogP contribution in [0.3, 0.4) is 0 Å². The molecule has 1 heterocycles. The van der Waals surface area contributed by atoms with E-state index in [0.29, 0.717) is 0 Å². The molecular formula is C74H54BBrO2. The maximum absolute atomic E-state index is 6.53. The van der Waals surface area contributed by atoms with Gasteiger partial charge in [0.05, 0.1) is 11.2 Å². The van der Waals surface area contributed by atoms with Crippen molar-refractivity contribution in [1.29, 1.82) is 0 Å². The highest BCUT2D eigenvalue weighted by molar-refractivity contribution is 9.10. The van der Waals surface area contributed by atoms with E-state index in [1.165, 1.54) is 131 Å². The molecule has 0 N–H and O–H groups in total. The molecule has 0 bridgehead atoms. The highest BCUT2D eigenvalue weighted by atomic mass is 79.9. The fourth-order valence-corrected chi connectivity index (χ4v) is 12.5. The molecule has 15 rings (SSSR count). The van der Waals surface area contributed by atoms with Crippen molar-refractivity contribution in [3.05, 3.63) is 259 Å². The molecule has 14 aromatic rings. The van der Waals surface area contributed by atoms with E-state index in [1.54, 1.807) is 0 Å². The lowest BCUT2D eigenvalue weighted by Gasteiger charge is -2.32. The van der Waals surface area contributed by atoms with Gasteiger partial charge in [0.25, 0.3) is 0 Å². The van der Waals surface area contributed by atoms with Crippen molar-refractivity contribution in [2.75, 3.05) is 0 Å². The quantitative estimate of drug-likeness (QED) is 0.126. The van der Waals surface area contributed by atoms with Crippen molar-refractivity contribution in [2.24, 2.45) is 0 Å². The highest BCUT2D eigenvalue weighted by Crippen LogP contribution is 2.47. The molecule has 372 valence electrons. The molecule has 0 saturated carbocycles. The number of fused-ring (bicyclic) bond motifs is 8. The predicted octanol–water partition coefficient (Wildman–Crippen LogP) is 20.3. The minimum Gasteiger partial charge on any atom is -0.399 e. The van der Waals surface area contributed by atoms with Crippen LogP contribution in [0.2, 0.25) is 0 Å². The first-order chi connectivity index (χ1) is 38.0. The van der Waals surface area contributed by atoms with Gasteiger partial charge in [-0.1, -0.05) is 234 Å². The van der Waals surface area contributed by atoms with Crippen LogP contribution < -0.4 is 5.46 Å². The Hall–Kier alpha value is -8.38. The minimum absolute atomic E-state index is 0.409. The Labute approximate surface area is 463 Å². The zero-order valence-corrected chi connectivity index (χ0v) is 45.6. The molecule has 1 saturated heterocycles. The molecule has 1 fully saturated rings. The third-order valence-corrected chi connectivity index (χ3v) is 17.2. The lowest BCUT2D eigenvalue weighted by Crippen LogP contribution is -2.41. The third kappa shape index (κ3) is 8.26. The second kappa shape index (κ2) is 19.0. The molecule has 0 aliphatic carbocycles. The van der Waals surface area contributed by atoms with Crippen LogP contribution in [-0.4, -0.2) is 18.3 Å². The van der Waals surface area contributed by atoms with Gasteiger partial charge in [-0.15, -0.1) is 0 Å². The lowest BCUT2D eigenvalue weighted by atomic mass is 9.76. The second-order valence-electron chi connectivity index (χ2n) is 21.9. The number of hydrogen-bond acceptors (Lipinski definition) is 2. The molecule has 0 radical (unpaired) electrons. The van der Waals surface area contributed by atoms with Crippen molar-refractivity contribution in [3.63, 3.8) is 0 Å². The van der Waals surface area contributed by atoms with Crippen molar-refractivity contribution < 1.29 is 9.31 Å². The molecule has 14 aromatic carbocycles.